The highest BCUT2D eigenvalue weighted by atomic mass is 35.5. The third kappa shape index (κ3) is 6.89. The maximum absolute atomic E-state index is 5.79. The van der Waals surface area contributed by atoms with Crippen LogP contribution in [0.1, 0.15) is 20.3 Å². The second-order valence-corrected chi connectivity index (χ2v) is 10.6. The van der Waals surface area contributed by atoms with E-state index in [0.717, 1.165) is 25.4 Å². The monoisotopic (exact) mass is 264 g/mol. The fraction of sp³-hybridized carbons (Fsp3) is 1.00. The molecule has 0 atom stereocenters. The van der Waals surface area contributed by atoms with Crippen LogP contribution in [0.2, 0.25) is 19.6 Å². The molecule has 0 saturated heterocycles. The van der Waals surface area contributed by atoms with E-state index in [1.165, 1.54) is 19.6 Å². The van der Waals surface area contributed by atoms with Crippen LogP contribution in [0.4, 0.5) is 0 Å². The van der Waals surface area contributed by atoms with Gasteiger partial charge in [0.05, 0.1) is 0 Å². The van der Waals surface area contributed by atoms with Crippen LogP contribution in [0.5, 0.6) is 0 Å². The molecule has 2 nitrogen and oxygen atoms in total. The first-order valence-corrected chi connectivity index (χ1v) is 10.5. The molecule has 0 amide bonds. The summed E-state index contributed by atoms with van der Waals surface area (Å²) >= 11 is 5.79. The molecule has 0 heterocycles. The van der Waals surface area contributed by atoms with Gasteiger partial charge in [0.2, 0.25) is 0 Å². The van der Waals surface area contributed by atoms with Crippen LogP contribution in [0.25, 0.3) is 0 Å². The highest BCUT2D eigenvalue weighted by Gasteiger charge is 2.23. The Morgan fingerprint density at radius 2 is 1.50 bits per heavy atom. The van der Waals surface area contributed by atoms with Gasteiger partial charge in [0.15, 0.2) is 0 Å². The SMILES string of the molecule is CCN(CC)CCN(CCCCl)[Si](C)(C)C. The number of rotatable bonds is 9. The summed E-state index contributed by atoms with van der Waals surface area (Å²) in [6, 6.07) is 0. The van der Waals surface area contributed by atoms with Crippen LogP contribution in [0.15, 0.2) is 0 Å². The number of hydrogen-bond donors (Lipinski definition) is 0. The summed E-state index contributed by atoms with van der Waals surface area (Å²) in [7, 11) is -1.17. The highest BCUT2D eigenvalue weighted by Crippen LogP contribution is 2.10. The van der Waals surface area contributed by atoms with Crippen LogP contribution in [0.3, 0.4) is 0 Å². The molecule has 0 saturated carbocycles. The lowest BCUT2D eigenvalue weighted by atomic mass is 10.4. The van der Waals surface area contributed by atoms with E-state index in [1.54, 1.807) is 0 Å². The Labute approximate surface area is 108 Å². The first-order valence-electron chi connectivity index (χ1n) is 6.49. The van der Waals surface area contributed by atoms with E-state index in [0.29, 0.717) is 0 Å². The standard InChI is InChI=1S/C12H29ClN2Si/c1-6-14(7-2)11-12-15(10-8-9-13)16(3,4)5/h6-12H2,1-5H3. The summed E-state index contributed by atoms with van der Waals surface area (Å²) in [4.78, 5) is 2.49. The summed E-state index contributed by atoms with van der Waals surface area (Å²) in [5.74, 6) is 0.784. The minimum Gasteiger partial charge on any atom is -0.323 e. The van der Waals surface area contributed by atoms with Gasteiger partial charge >= 0.3 is 0 Å². The van der Waals surface area contributed by atoms with E-state index >= 15 is 0 Å². The summed E-state index contributed by atoms with van der Waals surface area (Å²) < 4.78 is 2.67. The second kappa shape index (κ2) is 8.51. The van der Waals surface area contributed by atoms with Crippen molar-refractivity contribution in [2.75, 3.05) is 38.6 Å². The molecule has 0 bridgehead atoms. The lowest BCUT2D eigenvalue weighted by molar-refractivity contribution is 0.268. The summed E-state index contributed by atoms with van der Waals surface area (Å²) in [6.45, 7) is 17.6. The van der Waals surface area contributed by atoms with Crippen molar-refractivity contribution in [3.05, 3.63) is 0 Å². The van der Waals surface area contributed by atoms with Crippen LogP contribution in [0, 0.1) is 0 Å². The van der Waals surface area contributed by atoms with Crippen LogP contribution >= 0.6 is 11.6 Å². The van der Waals surface area contributed by atoms with Crippen molar-refractivity contribution in [3.8, 4) is 0 Å². The van der Waals surface area contributed by atoms with Gasteiger partial charge in [0, 0.05) is 19.0 Å². The Bertz CT molecular complexity index is 167. The van der Waals surface area contributed by atoms with Crippen LogP contribution in [-0.2, 0) is 0 Å². The zero-order chi connectivity index (χ0) is 12.6. The highest BCUT2D eigenvalue weighted by molar-refractivity contribution is 6.73. The van der Waals surface area contributed by atoms with Crippen molar-refractivity contribution >= 4 is 19.8 Å². The quantitative estimate of drug-likeness (QED) is 0.467. The Morgan fingerprint density at radius 3 is 1.88 bits per heavy atom. The van der Waals surface area contributed by atoms with Gasteiger partial charge in [0.25, 0.3) is 0 Å². The molecule has 0 radical (unpaired) electrons. The molecule has 16 heavy (non-hydrogen) atoms. The minimum absolute atomic E-state index is 0.784. The molecule has 0 rings (SSSR count). The number of likely N-dealkylation sites (N-methyl/N-ethyl adjacent to an activating group) is 1. The van der Waals surface area contributed by atoms with Crippen molar-refractivity contribution in [1.82, 2.24) is 9.47 Å². The predicted octanol–water partition coefficient (Wildman–Crippen LogP) is 3.09. The zero-order valence-corrected chi connectivity index (χ0v) is 13.5. The molecule has 0 N–H and O–H groups in total. The van der Waals surface area contributed by atoms with Crippen molar-refractivity contribution in [1.29, 1.82) is 0 Å². The number of nitrogens with zero attached hydrogens (tertiary/aromatic N) is 2. The van der Waals surface area contributed by atoms with Crippen molar-refractivity contribution in [2.24, 2.45) is 0 Å². The molecule has 0 aliphatic rings. The van der Waals surface area contributed by atoms with E-state index in [-0.39, 0.29) is 0 Å². The van der Waals surface area contributed by atoms with Crippen molar-refractivity contribution in [2.45, 2.75) is 39.9 Å². The predicted molar refractivity (Wildman–Crippen MR) is 78.0 cm³/mol. The maximum Gasteiger partial charge on any atom is 0.119 e. The molecular formula is C12H29ClN2Si. The van der Waals surface area contributed by atoms with E-state index in [4.69, 9.17) is 11.6 Å². The summed E-state index contributed by atoms with van der Waals surface area (Å²) in [6.07, 6.45) is 1.12. The van der Waals surface area contributed by atoms with Crippen LogP contribution in [-0.4, -0.2) is 56.3 Å². The Balaban J connectivity index is 4.10. The molecule has 0 aromatic carbocycles. The van der Waals surface area contributed by atoms with Gasteiger partial charge in [0.1, 0.15) is 8.24 Å². The Hall–Kier alpha value is 0.427. The Kier molecular flexibility index (Phi) is 8.73. The largest absolute Gasteiger partial charge is 0.323 e. The molecule has 98 valence electrons. The van der Waals surface area contributed by atoms with Gasteiger partial charge in [-0.3, -0.25) is 0 Å². The fourth-order valence-electron chi connectivity index (χ4n) is 1.84. The second-order valence-electron chi connectivity index (χ2n) is 5.23. The lowest BCUT2D eigenvalue weighted by Gasteiger charge is -2.35. The van der Waals surface area contributed by atoms with Crippen molar-refractivity contribution < 1.29 is 0 Å². The molecule has 0 aromatic rings. The van der Waals surface area contributed by atoms with Gasteiger partial charge in [-0.25, -0.2) is 0 Å². The van der Waals surface area contributed by atoms with Gasteiger partial charge in [-0.2, -0.15) is 0 Å². The van der Waals surface area contributed by atoms with Crippen LogP contribution < -0.4 is 0 Å². The summed E-state index contributed by atoms with van der Waals surface area (Å²) in [5, 5.41) is 0. The van der Waals surface area contributed by atoms with E-state index in [1.807, 2.05) is 0 Å². The molecule has 0 aliphatic heterocycles. The van der Waals surface area contributed by atoms with Gasteiger partial charge in [-0.15, -0.1) is 11.6 Å². The number of hydrogen-bond acceptors (Lipinski definition) is 2. The Morgan fingerprint density at radius 1 is 0.938 bits per heavy atom. The molecule has 0 aliphatic carbocycles. The van der Waals surface area contributed by atoms with Gasteiger partial charge < -0.3 is 9.47 Å². The lowest BCUT2D eigenvalue weighted by Crippen LogP contribution is -2.49. The average Bonchev–Trinajstić information content (AvgIpc) is 2.21. The molecule has 0 fully saturated rings. The first kappa shape index (κ1) is 16.4. The molecule has 0 spiro atoms. The molecule has 4 heteroatoms. The van der Waals surface area contributed by atoms with Gasteiger partial charge in [-0.1, -0.05) is 33.5 Å². The maximum atomic E-state index is 5.79. The normalized spacial score (nSPS) is 12.8. The average molecular weight is 265 g/mol. The van der Waals surface area contributed by atoms with Crippen molar-refractivity contribution in [3.63, 3.8) is 0 Å². The minimum atomic E-state index is -1.17. The van der Waals surface area contributed by atoms with Gasteiger partial charge in [-0.05, 0) is 26.1 Å². The molecule has 0 unspecified atom stereocenters. The number of halogens is 1. The van der Waals surface area contributed by atoms with E-state index in [9.17, 15) is 0 Å². The molecular weight excluding hydrogens is 236 g/mol. The zero-order valence-electron chi connectivity index (χ0n) is 11.7. The smallest absolute Gasteiger partial charge is 0.119 e. The number of alkyl halides is 1. The van der Waals surface area contributed by atoms with E-state index in [2.05, 4.69) is 43.0 Å². The summed E-state index contributed by atoms with van der Waals surface area (Å²) in [5.41, 5.74) is 0. The first-order chi connectivity index (χ1) is 7.45. The third-order valence-electron chi connectivity index (χ3n) is 3.09. The topological polar surface area (TPSA) is 6.48 Å². The molecule has 0 aromatic heterocycles. The van der Waals surface area contributed by atoms with E-state index < -0.39 is 8.24 Å². The fourth-order valence-corrected chi connectivity index (χ4v) is 3.55. The third-order valence-corrected chi connectivity index (χ3v) is 5.70.